The number of ether oxygens (including phenoxy) is 1. The van der Waals surface area contributed by atoms with E-state index in [2.05, 4.69) is 10.6 Å². The summed E-state index contributed by atoms with van der Waals surface area (Å²) in [7, 11) is 0. The summed E-state index contributed by atoms with van der Waals surface area (Å²) in [6, 6.07) is 10.2. The lowest BCUT2D eigenvalue weighted by molar-refractivity contribution is 0.0209. The summed E-state index contributed by atoms with van der Waals surface area (Å²) in [4.78, 5) is 44.9. The Morgan fingerprint density at radius 3 is 2.65 bits per heavy atom. The average Bonchev–Trinajstić information content (AvgIpc) is 3.20. The van der Waals surface area contributed by atoms with Crippen molar-refractivity contribution in [2.75, 3.05) is 18.4 Å². The van der Waals surface area contributed by atoms with E-state index in [0.29, 0.717) is 23.4 Å². The lowest BCUT2D eigenvalue weighted by Gasteiger charge is -2.29. The molecule has 0 unspecified atom stereocenters. The third kappa shape index (κ3) is 5.69. The molecule has 3 amide bonds. The molecule has 9 nitrogen and oxygen atoms in total. The number of nitrogens with one attached hydrogen (secondary N) is 2. The Bertz CT molecular complexity index is 1400. The summed E-state index contributed by atoms with van der Waals surface area (Å²) in [6.07, 6.45) is -2.09. The number of rotatable bonds is 4. The fraction of sp³-hybridized carbons (Fsp3) is 0.385. The van der Waals surface area contributed by atoms with Gasteiger partial charge in [0.1, 0.15) is 17.6 Å². The number of carbonyl (C=O) groups excluding carboxylic acids is 2. The fourth-order valence-corrected chi connectivity index (χ4v) is 4.54. The molecule has 1 aliphatic rings. The zero-order valence-electron chi connectivity index (χ0n) is 21.0. The van der Waals surface area contributed by atoms with Crippen molar-refractivity contribution in [2.45, 2.75) is 51.9 Å². The number of benzene rings is 2. The van der Waals surface area contributed by atoms with E-state index in [1.807, 2.05) is 0 Å². The largest absolute Gasteiger partial charge is 0.444 e. The highest BCUT2D eigenvalue weighted by atomic mass is 35.5. The second-order valence-corrected chi connectivity index (χ2v) is 10.2. The van der Waals surface area contributed by atoms with Crippen molar-refractivity contribution < 1.29 is 18.7 Å². The molecule has 0 aliphatic carbocycles. The quantitative estimate of drug-likeness (QED) is 0.483. The number of aromatic nitrogens is 2. The summed E-state index contributed by atoms with van der Waals surface area (Å²) in [6.45, 7) is 7.21. The smallest absolute Gasteiger partial charge is 0.411 e. The molecule has 2 atom stereocenters. The predicted octanol–water partition coefficient (Wildman–Crippen LogP) is 5.20. The van der Waals surface area contributed by atoms with Gasteiger partial charge in [-0.25, -0.2) is 19.0 Å². The molecule has 2 aromatic carbocycles. The number of anilines is 1. The zero-order chi connectivity index (χ0) is 26.9. The van der Waals surface area contributed by atoms with Gasteiger partial charge in [-0.1, -0.05) is 23.7 Å². The van der Waals surface area contributed by atoms with Crippen LogP contribution in [0.25, 0.3) is 16.6 Å². The lowest BCUT2D eigenvalue weighted by atomic mass is 10.1. The van der Waals surface area contributed by atoms with Crippen LogP contribution in [0.15, 0.2) is 47.3 Å². The van der Waals surface area contributed by atoms with Gasteiger partial charge in [-0.15, -0.1) is 0 Å². The van der Waals surface area contributed by atoms with E-state index in [1.54, 1.807) is 70.2 Å². The molecule has 1 fully saturated rings. The van der Waals surface area contributed by atoms with Gasteiger partial charge in [0.25, 0.3) is 5.56 Å². The van der Waals surface area contributed by atoms with Gasteiger partial charge >= 0.3 is 12.1 Å². The number of urea groups is 1. The van der Waals surface area contributed by atoms with Crippen LogP contribution in [0.4, 0.5) is 19.7 Å². The van der Waals surface area contributed by atoms with Gasteiger partial charge in [0.15, 0.2) is 0 Å². The Hall–Kier alpha value is -3.66. The van der Waals surface area contributed by atoms with E-state index in [9.17, 15) is 18.8 Å². The number of fused-ring (bicyclic) bond motifs is 1. The Morgan fingerprint density at radius 2 is 1.95 bits per heavy atom. The Kier molecular flexibility index (Phi) is 7.40. The van der Waals surface area contributed by atoms with Crippen LogP contribution in [0, 0.1) is 0 Å². The molecule has 0 bridgehead atoms. The molecular weight excluding hydrogens is 501 g/mol. The number of alkyl halides is 1. The van der Waals surface area contributed by atoms with Crippen LogP contribution in [-0.4, -0.2) is 51.4 Å². The number of hydrogen-bond acceptors (Lipinski definition) is 5. The molecule has 2 heterocycles. The number of hydrogen-bond donors (Lipinski definition) is 2. The first-order valence-electron chi connectivity index (χ1n) is 12.0. The van der Waals surface area contributed by atoms with Crippen molar-refractivity contribution in [3.05, 3.63) is 63.7 Å². The van der Waals surface area contributed by atoms with Gasteiger partial charge in [-0.2, -0.15) is 0 Å². The van der Waals surface area contributed by atoms with E-state index in [0.717, 1.165) is 0 Å². The Balaban J connectivity index is 1.90. The monoisotopic (exact) mass is 529 g/mol. The minimum Gasteiger partial charge on any atom is -0.444 e. The highest BCUT2D eigenvalue weighted by molar-refractivity contribution is 6.35. The maximum absolute atomic E-state index is 14.8. The van der Waals surface area contributed by atoms with E-state index in [4.69, 9.17) is 21.3 Å². The Morgan fingerprint density at radius 1 is 1.22 bits per heavy atom. The number of halogens is 2. The second-order valence-electron chi connectivity index (χ2n) is 9.76. The van der Waals surface area contributed by atoms with Gasteiger partial charge in [0.2, 0.25) is 0 Å². The summed E-state index contributed by atoms with van der Waals surface area (Å²) in [5.74, 6) is 0.168. The van der Waals surface area contributed by atoms with E-state index in [-0.39, 0.29) is 29.2 Å². The van der Waals surface area contributed by atoms with Crippen molar-refractivity contribution in [3.8, 4) is 5.69 Å². The first-order chi connectivity index (χ1) is 17.5. The molecule has 196 valence electrons. The molecule has 3 aromatic rings. The van der Waals surface area contributed by atoms with Crippen LogP contribution < -0.4 is 16.2 Å². The van der Waals surface area contributed by atoms with Crippen LogP contribution in [0.1, 0.15) is 46.0 Å². The lowest BCUT2D eigenvalue weighted by Crippen LogP contribution is -2.39. The molecule has 11 heteroatoms. The predicted molar refractivity (Wildman–Crippen MR) is 140 cm³/mol. The number of likely N-dealkylation sites (tertiary alicyclic amines) is 1. The maximum atomic E-state index is 14.8. The van der Waals surface area contributed by atoms with Crippen LogP contribution in [0.2, 0.25) is 5.02 Å². The van der Waals surface area contributed by atoms with Gasteiger partial charge in [-0.05, 0) is 58.0 Å². The standard InChI is InChI=1S/C26H29ClFN5O4/c1-5-29-24(35)30-16-8-6-9-17(13-16)33-22(31-19-11-7-10-18(27)21(19)23(33)34)20-12-15(28)14-32(20)25(36)37-26(2,3)4/h6-11,13,15,20H,5,12,14H2,1-4H3,(H2,29,30,35)/t15-,20-/m0/s1. The normalized spacial score (nSPS) is 17.6. The molecule has 0 spiro atoms. The van der Waals surface area contributed by atoms with E-state index >= 15 is 0 Å². The maximum Gasteiger partial charge on any atom is 0.411 e. The van der Waals surface area contributed by atoms with Gasteiger partial charge < -0.3 is 15.4 Å². The van der Waals surface area contributed by atoms with Gasteiger partial charge in [-0.3, -0.25) is 14.3 Å². The van der Waals surface area contributed by atoms with Crippen molar-refractivity contribution in [2.24, 2.45) is 0 Å². The highest BCUT2D eigenvalue weighted by Crippen LogP contribution is 2.35. The molecule has 1 aliphatic heterocycles. The third-order valence-electron chi connectivity index (χ3n) is 5.75. The minimum atomic E-state index is -1.33. The molecule has 0 radical (unpaired) electrons. The molecule has 1 aromatic heterocycles. The molecule has 1 saturated heterocycles. The van der Waals surface area contributed by atoms with Crippen molar-refractivity contribution in [3.63, 3.8) is 0 Å². The second kappa shape index (κ2) is 10.4. The summed E-state index contributed by atoms with van der Waals surface area (Å²) < 4.78 is 21.6. The molecule has 37 heavy (non-hydrogen) atoms. The van der Waals surface area contributed by atoms with Crippen LogP contribution in [0.5, 0.6) is 0 Å². The summed E-state index contributed by atoms with van der Waals surface area (Å²) in [5, 5.41) is 5.76. The number of amides is 3. The topological polar surface area (TPSA) is 106 Å². The van der Waals surface area contributed by atoms with Crippen LogP contribution >= 0.6 is 11.6 Å². The number of nitrogens with zero attached hydrogens (tertiary/aromatic N) is 3. The molecule has 4 rings (SSSR count). The molecule has 0 saturated carbocycles. The van der Waals surface area contributed by atoms with E-state index in [1.165, 1.54) is 9.47 Å². The fourth-order valence-electron chi connectivity index (χ4n) is 4.29. The number of carbonyl (C=O) groups is 2. The Labute approximate surface area is 218 Å². The first kappa shape index (κ1) is 26.4. The molecular formula is C26H29ClFN5O4. The van der Waals surface area contributed by atoms with Crippen molar-refractivity contribution >= 4 is 40.3 Å². The molecule has 2 N–H and O–H groups in total. The first-order valence-corrected chi connectivity index (χ1v) is 12.4. The van der Waals surface area contributed by atoms with Gasteiger partial charge in [0.05, 0.1) is 34.2 Å². The summed E-state index contributed by atoms with van der Waals surface area (Å²) >= 11 is 6.38. The zero-order valence-corrected chi connectivity index (χ0v) is 21.8. The van der Waals surface area contributed by atoms with Crippen LogP contribution in [0.3, 0.4) is 0 Å². The van der Waals surface area contributed by atoms with Crippen LogP contribution in [-0.2, 0) is 4.74 Å². The van der Waals surface area contributed by atoms with E-state index < -0.39 is 35.5 Å². The van der Waals surface area contributed by atoms with Gasteiger partial charge in [0, 0.05) is 18.7 Å². The third-order valence-corrected chi connectivity index (χ3v) is 6.06. The van der Waals surface area contributed by atoms with Crippen molar-refractivity contribution in [1.82, 2.24) is 19.8 Å². The highest BCUT2D eigenvalue weighted by Gasteiger charge is 2.41. The summed E-state index contributed by atoms with van der Waals surface area (Å²) in [5.41, 5.74) is -0.146. The minimum absolute atomic E-state index is 0.0609. The SMILES string of the molecule is CCNC(=O)Nc1cccc(-n2c([C@@H]3C[C@H](F)CN3C(=O)OC(C)(C)C)nc3cccc(Cl)c3c2=O)c1. The average molecular weight is 530 g/mol. The van der Waals surface area contributed by atoms with Crippen molar-refractivity contribution in [1.29, 1.82) is 0 Å².